The second-order valence-electron chi connectivity index (χ2n) is 4.27. The van der Waals surface area contributed by atoms with Crippen LogP contribution in [-0.2, 0) is 5.75 Å². The number of hydrogen-bond donors (Lipinski definition) is 1. The summed E-state index contributed by atoms with van der Waals surface area (Å²) >= 11 is 5.13. The lowest BCUT2D eigenvalue weighted by atomic mass is 10.2. The Morgan fingerprint density at radius 3 is 2.67 bits per heavy atom. The van der Waals surface area contributed by atoms with Crippen LogP contribution < -0.4 is 5.73 Å². The highest BCUT2D eigenvalue weighted by Gasteiger charge is 2.02. The maximum atomic E-state index is 5.87. The SMILES string of the molecule is Cc1cc(C)nc(SCc2ccc(Br)c(N)c2)c1. The second kappa shape index (κ2) is 5.76. The molecule has 18 heavy (non-hydrogen) atoms. The number of aromatic nitrogens is 1. The van der Waals surface area contributed by atoms with Gasteiger partial charge in [0.05, 0.1) is 5.03 Å². The van der Waals surface area contributed by atoms with E-state index in [0.29, 0.717) is 0 Å². The Balaban J connectivity index is 2.08. The quantitative estimate of drug-likeness (QED) is 0.675. The van der Waals surface area contributed by atoms with Crippen molar-refractivity contribution in [3.8, 4) is 0 Å². The highest BCUT2D eigenvalue weighted by molar-refractivity contribution is 9.10. The molecule has 0 aliphatic rings. The number of thioether (sulfide) groups is 1. The number of benzene rings is 1. The van der Waals surface area contributed by atoms with Gasteiger partial charge in [-0.1, -0.05) is 6.07 Å². The summed E-state index contributed by atoms with van der Waals surface area (Å²) < 4.78 is 0.945. The van der Waals surface area contributed by atoms with Crippen molar-refractivity contribution in [2.24, 2.45) is 0 Å². The molecule has 0 radical (unpaired) electrons. The molecular formula is C14H15BrN2S. The first kappa shape index (κ1) is 13.4. The third kappa shape index (κ3) is 3.50. The lowest BCUT2D eigenvalue weighted by molar-refractivity contribution is 1.05. The van der Waals surface area contributed by atoms with Crippen LogP contribution in [0.2, 0.25) is 0 Å². The van der Waals surface area contributed by atoms with Gasteiger partial charge in [0.2, 0.25) is 0 Å². The molecule has 0 aliphatic heterocycles. The van der Waals surface area contributed by atoms with Crippen LogP contribution in [0.15, 0.2) is 39.8 Å². The van der Waals surface area contributed by atoms with Gasteiger partial charge in [-0.25, -0.2) is 4.98 Å². The molecule has 1 aromatic carbocycles. The van der Waals surface area contributed by atoms with Gasteiger partial charge >= 0.3 is 0 Å². The standard InChI is InChI=1S/C14H15BrN2S/c1-9-5-10(2)17-14(6-9)18-8-11-3-4-12(15)13(16)7-11/h3-7H,8,16H2,1-2H3. The highest BCUT2D eigenvalue weighted by atomic mass is 79.9. The van der Waals surface area contributed by atoms with Crippen molar-refractivity contribution in [1.82, 2.24) is 4.98 Å². The van der Waals surface area contributed by atoms with Crippen molar-refractivity contribution >= 4 is 33.4 Å². The summed E-state index contributed by atoms with van der Waals surface area (Å²) in [6, 6.07) is 10.3. The molecule has 2 nitrogen and oxygen atoms in total. The Labute approximate surface area is 120 Å². The Morgan fingerprint density at radius 1 is 1.22 bits per heavy atom. The zero-order valence-corrected chi connectivity index (χ0v) is 12.8. The van der Waals surface area contributed by atoms with Gasteiger partial charge in [-0.05, 0) is 65.2 Å². The molecule has 2 aromatic rings. The van der Waals surface area contributed by atoms with E-state index in [0.717, 1.165) is 26.6 Å². The molecule has 0 atom stereocenters. The summed E-state index contributed by atoms with van der Waals surface area (Å²) in [5.41, 5.74) is 10.2. The monoisotopic (exact) mass is 322 g/mol. The lowest BCUT2D eigenvalue weighted by Crippen LogP contribution is -1.91. The minimum atomic E-state index is 0.779. The van der Waals surface area contributed by atoms with E-state index in [1.54, 1.807) is 11.8 Å². The minimum absolute atomic E-state index is 0.779. The molecule has 4 heteroatoms. The van der Waals surface area contributed by atoms with Crippen molar-refractivity contribution in [3.63, 3.8) is 0 Å². The first-order valence-electron chi connectivity index (χ1n) is 5.66. The van der Waals surface area contributed by atoms with Crippen molar-refractivity contribution < 1.29 is 0 Å². The summed E-state index contributed by atoms with van der Waals surface area (Å²) in [6.07, 6.45) is 0. The summed E-state index contributed by atoms with van der Waals surface area (Å²) in [7, 11) is 0. The van der Waals surface area contributed by atoms with Crippen LogP contribution in [0.3, 0.4) is 0 Å². The number of nitrogens with zero attached hydrogens (tertiary/aromatic N) is 1. The third-order valence-corrected chi connectivity index (χ3v) is 4.23. The van der Waals surface area contributed by atoms with Crippen molar-refractivity contribution in [2.45, 2.75) is 24.6 Å². The Bertz CT molecular complexity index is 549. The van der Waals surface area contributed by atoms with Gasteiger partial charge in [-0.15, -0.1) is 11.8 Å². The normalized spacial score (nSPS) is 10.6. The van der Waals surface area contributed by atoms with E-state index in [1.807, 2.05) is 19.1 Å². The summed E-state index contributed by atoms with van der Waals surface area (Å²) in [6.45, 7) is 4.12. The molecule has 0 amide bonds. The Hall–Kier alpha value is -1.00. The van der Waals surface area contributed by atoms with Gasteiger partial charge in [-0.3, -0.25) is 0 Å². The topological polar surface area (TPSA) is 38.9 Å². The van der Waals surface area contributed by atoms with Gasteiger partial charge in [0.1, 0.15) is 0 Å². The fourth-order valence-corrected chi connectivity index (χ4v) is 2.94. The van der Waals surface area contributed by atoms with Crippen LogP contribution in [-0.4, -0.2) is 4.98 Å². The number of rotatable bonds is 3. The molecule has 0 unspecified atom stereocenters. The average molecular weight is 323 g/mol. The number of pyridine rings is 1. The van der Waals surface area contributed by atoms with E-state index < -0.39 is 0 Å². The molecular weight excluding hydrogens is 308 g/mol. The van der Waals surface area contributed by atoms with Crippen LogP contribution in [0.25, 0.3) is 0 Å². The Morgan fingerprint density at radius 2 is 2.00 bits per heavy atom. The number of aryl methyl sites for hydroxylation is 2. The fraction of sp³-hybridized carbons (Fsp3) is 0.214. The molecule has 1 heterocycles. The first-order valence-corrected chi connectivity index (χ1v) is 7.44. The fourth-order valence-electron chi connectivity index (χ4n) is 1.72. The van der Waals surface area contributed by atoms with Crippen molar-refractivity contribution in [3.05, 3.63) is 51.6 Å². The largest absolute Gasteiger partial charge is 0.398 e. The number of hydrogen-bond acceptors (Lipinski definition) is 3. The van der Waals surface area contributed by atoms with Crippen LogP contribution in [0.4, 0.5) is 5.69 Å². The van der Waals surface area contributed by atoms with Crippen LogP contribution in [0.1, 0.15) is 16.8 Å². The average Bonchev–Trinajstić information content (AvgIpc) is 2.29. The number of nitrogens with two attached hydrogens (primary N) is 1. The predicted octanol–water partition coefficient (Wildman–Crippen LogP) is 4.34. The van der Waals surface area contributed by atoms with Gasteiger partial charge < -0.3 is 5.73 Å². The Kier molecular flexibility index (Phi) is 4.30. The summed E-state index contributed by atoms with van der Waals surface area (Å²) in [4.78, 5) is 4.51. The van der Waals surface area contributed by atoms with Crippen LogP contribution in [0.5, 0.6) is 0 Å². The van der Waals surface area contributed by atoms with Gasteiger partial charge in [-0.2, -0.15) is 0 Å². The van der Waals surface area contributed by atoms with Crippen molar-refractivity contribution in [2.75, 3.05) is 5.73 Å². The molecule has 2 N–H and O–H groups in total. The number of nitrogen functional groups attached to an aromatic ring is 1. The highest BCUT2D eigenvalue weighted by Crippen LogP contribution is 2.26. The van der Waals surface area contributed by atoms with E-state index in [9.17, 15) is 0 Å². The lowest BCUT2D eigenvalue weighted by Gasteiger charge is -2.05. The molecule has 0 aliphatic carbocycles. The summed E-state index contributed by atoms with van der Waals surface area (Å²) in [5.74, 6) is 0.882. The van der Waals surface area contributed by atoms with E-state index in [-0.39, 0.29) is 0 Å². The van der Waals surface area contributed by atoms with E-state index >= 15 is 0 Å². The summed E-state index contributed by atoms with van der Waals surface area (Å²) in [5, 5.41) is 1.06. The molecule has 0 bridgehead atoms. The smallest absolute Gasteiger partial charge is 0.0968 e. The van der Waals surface area contributed by atoms with E-state index in [2.05, 4.69) is 46.0 Å². The zero-order chi connectivity index (χ0) is 13.1. The van der Waals surface area contributed by atoms with Gasteiger partial charge in [0.25, 0.3) is 0 Å². The van der Waals surface area contributed by atoms with E-state index in [1.165, 1.54) is 11.1 Å². The number of halogens is 1. The molecule has 2 rings (SSSR count). The minimum Gasteiger partial charge on any atom is -0.398 e. The molecule has 94 valence electrons. The van der Waals surface area contributed by atoms with Crippen LogP contribution >= 0.6 is 27.7 Å². The molecule has 1 aromatic heterocycles. The number of anilines is 1. The molecule has 0 spiro atoms. The molecule has 0 fully saturated rings. The van der Waals surface area contributed by atoms with Gasteiger partial charge in [0.15, 0.2) is 0 Å². The zero-order valence-electron chi connectivity index (χ0n) is 10.4. The second-order valence-corrected chi connectivity index (χ2v) is 6.12. The molecule has 0 saturated carbocycles. The van der Waals surface area contributed by atoms with E-state index in [4.69, 9.17) is 5.73 Å². The third-order valence-electron chi connectivity index (χ3n) is 2.52. The maximum absolute atomic E-state index is 5.87. The first-order chi connectivity index (χ1) is 8.54. The van der Waals surface area contributed by atoms with Crippen LogP contribution in [0, 0.1) is 13.8 Å². The maximum Gasteiger partial charge on any atom is 0.0968 e. The molecule has 0 saturated heterocycles. The van der Waals surface area contributed by atoms with Gasteiger partial charge in [0, 0.05) is 21.6 Å². The van der Waals surface area contributed by atoms with Crippen molar-refractivity contribution in [1.29, 1.82) is 0 Å². The predicted molar refractivity (Wildman–Crippen MR) is 81.8 cm³/mol.